The number of hydrogen-bond acceptors (Lipinski definition) is 4. The lowest BCUT2D eigenvalue weighted by atomic mass is 10.1. The Bertz CT molecular complexity index is 599. The number of hydrogen-bond donors (Lipinski definition) is 1. The molecule has 0 unspecified atom stereocenters. The minimum Gasteiger partial charge on any atom is -0.497 e. The van der Waals surface area contributed by atoms with Crippen molar-refractivity contribution < 1.29 is 9.84 Å². The highest BCUT2D eigenvalue weighted by Gasteiger charge is 2.09. The first-order valence-corrected chi connectivity index (χ1v) is 7.16. The van der Waals surface area contributed by atoms with Gasteiger partial charge in [-0.05, 0) is 36.2 Å². The number of anilines is 2. The monoisotopic (exact) mass is 286 g/mol. The average Bonchev–Trinajstić information content (AvgIpc) is 2.54. The Morgan fingerprint density at radius 2 is 2.05 bits per heavy atom. The number of aromatic nitrogens is 1. The van der Waals surface area contributed by atoms with Crippen LogP contribution >= 0.6 is 0 Å². The molecular weight excluding hydrogens is 264 g/mol. The normalized spacial score (nSPS) is 10.5. The van der Waals surface area contributed by atoms with E-state index in [0.29, 0.717) is 0 Å². The molecule has 1 aromatic heterocycles. The molecule has 0 amide bonds. The molecule has 0 saturated carbocycles. The standard InChI is InChI=1S/C17H22N2O2/c1-4-6-14-9-13(12-20)10-17(18-14)19(2)15-7-5-8-16(11-15)21-3/h5,7-11,20H,4,6,12H2,1-3H3. The van der Waals surface area contributed by atoms with E-state index in [4.69, 9.17) is 4.74 Å². The topological polar surface area (TPSA) is 45.6 Å². The Hall–Kier alpha value is -2.07. The van der Waals surface area contributed by atoms with Crippen LogP contribution < -0.4 is 9.64 Å². The number of pyridine rings is 1. The lowest BCUT2D eigenvalue weighted by Gasteiger charge is -2.20. The first kappa shape index (κ1) is 15.3. The summed E-state index contributed by atoms with van der Waals surface area (Å²) in [5.74, 6) is 1.64. The second-order valence-electron chi connectivity index (χ2n) is 4.99. The second kappa shape index (κ2) is 7.09. The summed E-state index contributed by atoms with van der Waals surface area (Å²) < 4.78 is 5.26. The molecule has 0 bridgehead atoms. The van der Waals surface area contributed by atoms with Crippen LogP contribution in [-0.4, -0.2) is 24.2 Å². The fourth-order valence-corrected chi connectivity index (χ4v) is 2.23. The van der Waals surface area contributed by atoms with Gasteiger partial charge in [0.05, 0.1) is 13.7 Å². The Morgan fingerprint density at radius 3 is 2.71 bits per heavy atom. The summed E-state index contributed by atoms with van der Waals surface area (Å²) in [5, 5.41) is 9.42. The van der Waals surface area contributed by atoms with Gasteiger partial charge in [0.25, 0.3) is 0 Å². The van der Waals surface area contributed by atoms with Crippen molar-refractivity contribution in [2.24, 2.45) is 0 Å². The molecule has 0 atom stereocenters. The molecule has 0 aliphatic carbocycles. The molecule has 112 valence electrons. The molecule has 1 heterocycles. The third kappa shape index (κ3) is 3.73. The van der Waals surface area contributed by atoms with E-state index in [0.717, 1.165) is 41.4 Å². The van der Waals surface area contributed by atoms with Crippen LogP contribution in [0.15, 0.2) is 36.4 Å². The molecule has 21 heavy (non-hydrogen) atoms. The van der Waals surface area contributed by atoms with Gasteiger partial charge in [-0.25, -0.2) is 4.98 Å². The molecule has 4 heteroatoms. The summed E-state index contributed by atoms with van der Waals surface area (Å²) in [6.45, 7) is 2.15. The summed E-state index contributed by atoms with van der Waals surface area (Å²) in [5.41, 5.74) is 2.89. The minimum atomic E-state index is 0.0260. The lowest BCUT2D eigenvalue weighted by Crippen LogP contribution is -2.13. The van der Waals surface area contributed by atoms with E-state index >= 15 is 0 Å². The Morgan fingerprint density at radius 1 is 1.24 bits per heavy atom. The van der Waals surface area contributed by atoms with Crippen molar-refractivity contribution >= 4 is 11.5 Å². The molecular formula is C17H22N2O2. The predicted molar refractivity (Wildman–Crippen MR) is 85.2 cm³/mol. The van der Waals surface area contributed by atoms with E-state index in [1.54, 1.807) is 7.11 Å². The van der Waals surface area contributed by atoms with Gasteiger partial charge in [0.15, 0.2) is 0 Å². The smallest absolute Gasteiger partial charge is 0.133 e. The number of aryl methyl sites for hydroxylation is 1. The quantitative estimate of drug-likeness (QED) is 0.885. The highest BCUT2D eigenvalue weighted by molar-refractivity contribution is 5.61. The fourth-order valence-electron chi connectivity index (χ4n) is 2.23. The van der Waals surface area contributed by atoms with Crippen LogP contribution in [0.25, 0.3) is 0 Å². The van der Waals surface area contributed by atoms with Crippen LogP contribution in [0.5, 0.6) is 5.75 Å². The van der Waals surface area contributed by atoms with Crippen molar-refractivity contribution in [1.82, 2.24) is 4.98 Å². The third-order valence-electron chi connectivity index (χ3n) is 3.40. The number of methoxy groups -OCH3 is 1. The first-order chi connectivity index (χ1) is 10.2. The van der Waals surface area contributed by atoms with Crippen LogP contribution in [0.1, 0.15) is 24.6 Å². The zero-order valence-corrected chi connectivity index (χ0v) is 12.8. The summed E-state index contributed by atoms with van der Waals surface area (Å²) in [4.78, 5) is 6.68. The number of aliphatic hydroxyl groups excluding tert-OH is 1. The molecule has 0 spiro atoms. The van der Waals surface area contributed by atoms with Crippen molar-refractivity contribution in [2.45, 2.75) is 26.4 Å². The zero-order chi connectivity index (χ0) is 15.2. The largest absolute Gasteiger partial charge is 0.497 e. The van der Waals surface area contributed by atoms with Gasteiger partial charge in [-0.1, -0.05) is 19.4 Å². The number of rotatable bonds is 6. The molecule has 0 aliphatic rings. The zero-order valence-electron chi connectivity index (χ0n) is 12.8. The van der Waals surface area contributed by atoms with E-state index in [1.807, 2.05) is 48.3 Å². The maximum Gasteiger partial charge on any atom is 0.133 e. The van der Waals surface area contributed by atoms with E-state index < -0.39 is 0 Å². The Balaban J connectivity index is 2.36. The van der Waals surface area contributed by atoms with Crippen LogP contribution in [0.3, 0.4) is 0 Å². The van der Waals surface area contributed by atoms with E-state index in [2.05, 4.69) is 11.9 Å². The maximum absolute atomic E-state index is 9.42. The van der Waals surface area contributed by atoms with Crippen LogP contribution in [0, 0.1) is 0 Å². The first-order valence-electron chi connectivity index (χ1n) is 7.16. The van der Waals surface area contributed by atoms with Gasteiger partial charge in [-0.15, -0.1) is 0 Å². The highest BCUT2D eigenvalue weighted by atomic mass is 16.5. The summed E-state index contributed by atoms with van der Waals surface area (Å²) >= 11 is 0. The molecule has 0 radical (unpaired) electrons. The van der Waals surface area contributed by atoms with Crippen LogP contribution in [-0.2, 0) is 13.0 Å². The van der Waals surface area contributed by atoms with Crippen LogP contribution in [0.4, 0.5) is 11.5 Å². The molecule has 1 aromatic carbocycles. The summed E-state index contributed by atoms with van der Waals surface area (Å²) in [6, 6.07) is 11.7. The maximum atomic E-state index is 9.42. The number of benzene rings is 1. The van der Waals surface area contributed by atoms with Crippen molar-refractivity contribution in [3.63, 3.8) is 0 Å². The number of aliphatic hydroxyl groups is 1. The Kier molecular flexibility index (Phi) is 5.17. The van der Waals surface area contributed by atoms with Crippen molar-refractivity contribution in [1.29, 1.82) is 0 Å². The third-order valence-corrected chi connectivity index (χ3v) is 3.40. The minimum absolute atomic E-state index is 0.0260. The number of ether oxygens (including phenoxy) is 1. The van der Waals surface area contributed by atoms with Crippen molar-refractivity contribution in [2.75, 3.05) is 19.1 Å². The van der Waals surface area contributed by atoms with Gasteiger partial charge in [0.1, 0.15) is 11.6 Å². The molecule has 0 aliphatic heterocycles. The average molecular weight is 286 g/mol. The van der Waals surface area contributed by atoms with E-state index in [9.17, 15) is 5.11 Å². The SMILES string of the molecule is CCCc1cc(CO)cc(N(C)c2cccc(OC)c2)n1. The van der Waals surface area contributed by atoms with Gasteiger partial charge in [0.2, 0.25) is 0 Å². The van der Waals surface area contributed by atoms with Gasteiger partial charge in [-0.2, -0.15) is 0 Å². The molecule has 0 fully saturated rings. The van der Waals surface area contributed by atoms with Crippen molar-refractivity contribution in [3.8, 4) is 5.75 Å². The summed E-state index contributed by atoms with van der Waals surface area (Å²) in [7, 11) is 3.62. The second-order valence-corrected chi connectivity index (χ2v) is 4.99. The summed E-state index contributed by atoms with van der Waals surface area (Å²) in [6.07, 6.45) is 1.94. The van der Waals surface area contributed by atoms with Gasteiger partial charge >= 0.3 is 0 Å². The Labute approximate surface area is 126 Å². The van der Waals surface area contributed by atoms with Gasteiger partial charge in [-0.3, -0.25) is 0 Å². The molecule has 0 saturated heterocycles. The number of nitrogens with zero attached hydrogens (tertiary/aromatic N) is 2. The van der Waals surface area contributed by atoms with Gasteiger partial charge < -0.3 is 14.7 Å². The highest BCUT2D eigenvalue weighted by Crippen LogP contribution is 2.26. The lowest BCUT2D eigenvalue weighted by molar-refractivity contribution is 0.281. The van der Waals surface area contributed by atoms with Crippen LogP contribution in [0.2, 0.25) is 0 Å². The van der Waals surface area contributed by atoms with Crippen molar-refractivity contribution in [3.05, 3.63) is 47.7 Å². The molecule has 1 N–H and O–H groups in total. The predicted octanol–water partition coefficient (Wildman–Crippen LogP) is 3.30. The molecule has 2 aromatic rings. The van der Waals surface area contributed by atoms with Gasteiger partial charge in [0, 0.05) is 24.5 Å². The van der Waals surface area contributed by atoms with E-state index in [1.165, 1.54) is 0 Å². The van der Waals surface area contributed by atoms with E-state index in [-0.39, 0.29) is 6.61 Å². The molecule has 4 nitrogen and oxygen atoms in total. The molecule has 2 rings (SSSR count). The fraction of sp³-hybridized carbons (Fsp3) is 0.353.